The number of halogens is 1. The lowest BCUT2D eigenvalue weighted by atomic mass is 10.2. The molecule has 0 bridgehead atoms. The molecule has 2 rings (SSSR count). The zero-order valence-electron chi connectivity index (χ0n) is 13.6. The van der Waals surface area contributed by atoms with E-state index in [0.717, 1.165) is 16.8 Å². The number of rotatable bonds is 6. The molecule has 122 valence electrons. The van der Waals surface area contributed by atoms with E-state index in [-0.39, 0.29) is 12.5 Å². The summed E-state index contributed by atoms with van der Waals surface area (Å²) in [5.74, 6) is 0.627. The lowest BCUT2D eigenvalue weighted by Gasteiger charge is -2.19. The summed E-state index contributed by atoms with van der Waals surface area (Å²) < 4.78 is 5.30. The summed E-state index contributed by atoms with van der Waals surface area (Å²) in [6, 6.07) is 13.5. The number of nitrogens with zero attached hydrogens (tertiary/aromatic N) is 1. The molecule has 2 aromatic carbocycles. The van der Waals surface area contributed by atoms with Crippen molar-refractivity contribution in [1.29, 1.82) is 0 Å². The van der Waals surface area contributed by atoms with Crippen LogP contribution in [0.2, 0.25) is 5.02 Å². The first-order chi connectivity index (χ1) is 11.0. The van der Waals surface area contributed by atoms with Gasteiger partial charge in [0.15, 0.2) is 0 Å². The Morgan fingerprint density at radius 1 is 1.26 bits per heavy atom. The van der Waals surface area contributed by atoms with E-state index in [9.17, 15) is 4.79 Å². The van der Waals surface area contributed by atoms with Gasteiger partial charge < -0.3 is 15.0 Å². The summed E-state index contributed by atoms with van der Waals surface area (Å²) in [7, 11) is 3.37. The Morgan fingerprint density at radius 3 is 2.61 bits per heavy atom. The van der Waals surface area contributed by atoms with E-state index in [0.29, 0.717) is 17.3 Å². The van der Waals surface area contributed by atoms with Gasteiger partial charge in [-0.2, -0.15) is 0 Å². The van der Waals surface area contributed by atoms with Gasteiger partial charge in [0.2, 0.25) is 5.91 Å². The molecule has 0 saturated carbocycles. The number of hydrogen-bond donors (Lipinski definition) is 1. The van der Waals surface area contributed by atoms with Gasteiger partial charge in [-0.15, -0.1) is 0 Å². The topological polar surface area (TPSA) is 41.6 Å². The molecular formula is C18H21ClN2O2. The minimum atomic E-state index is 0.00325. The predicted molar refractivity (Wildman–Crippen MR) is 94.1 cm³/mol. The summed E-state index contributed by atoms with van der Waals surface area (Å²) in [5, 5.41) is 3.76. The van der Waals surface area contributed by atoms with Crippen LogP contribution < -0.4 is 10.1 Å². The van der Waals surface area contributed by atoms with Crippen LogP contribution in [0.15, 0.2) is 42.5 Å². The zero-order chi connectivity index (χ0) is 16.8. The maximum absolute atomic E-state index is 12.3. The van der Waals surface area contributed by atoms with Crippen LogP contribution in [0.1, 0.15) is 11.1 Å². The molecule has 1 N–H and O–H groups in total. The molecular weight excluding hydrogens is 312 g/mol. The van der Waals surface area contributed by atoms with Gasteiger partial charge in [-0.1, -0.05) is 41.9 Å². The van der Waals surface area contributed by atoms with Crippen molar-refractivity contribution in [3.05, 3.63) is 58.6 Å². The highest BCUT2D eigenvalue weighted by atomic mass is 35.5. The second-order valence-corrected chi connectivity index (χ2v) is 5.80. The molecule has 23 heavy (non-hydrogen) atoms. The zero-order valence-corrected chi connectivity index (χ0v) is 14.4. The van der Waals surface area contributed by atoms with Gasteiger partial charge in [-0.25, -0.2) is 0 Å². The third-order valence-electron chi connectivity index (χ3n) is 3.60. The number of likely N-dealkylation sites (N-methyl/N-ethyl adjacent to an activating group) is 1. The molecule has 0 heterocycles. The molecule has 0 radical (unpaired) electrons. The summed E-state index contributed by atoms with van der Waals surface area (Å²) in [4.78, 5) is 14.0. The Balaban J connectivity index is 1.97. The van der Waals surface area contributed by atoms with Gasteiger partial charge in [0.1, 0.15) is 5.75 Å². The van der Waals surface area contributed by atoms with Crippen LogP contribution in [0.25, 0.3) is 0 Å². The summed E-state index contributed by atoms with van der Waals surface area (Å²) in [5.41, 5.74) is 2.79. The number of carbonyl (C=O) groups is 1. The normalized spacial score (nSPS) is 10.3. The molecule has 0 spiro atoms. The van der Waals surface area contributed by atoms with Crippen LogP contribution in [0.5, 0.6) is 5.75 Å². The van der Waals surface area contributed by atoms with Crippen molar-refractivity contribution in [1.82, 2.24) is 4.90 Å². The molecule has 0 unspecified atom stereocenters. The first-order valence-electron chi connectivity index (χ1n) is 7.37. The summed E-state index contributed by atoms with van der Waals surface area (Å²) in [6.45, 7) is 2.69. The van der Waals surface area contributed by atoms with E-state index in [4.69, 9.17) is 16.3 Å². The largest absolute Gasteiger partial charge is 0.495 e. The average Bonchev–Trinajstić information content (AvgIpc) is 2.56. The number of ether oxygens (including phenoxy) is 1. The molecule has 0 atom stereocenters. The first-order valence-corrected chi connectivity index (χ1v) is 7.75. The monoisotopic (exact) mass is 332 g/mol. The molecule has 2 aromatic rings. The smallest absolute Gasteiger partial charge is 0.241 e. The van der Waals surface area contributed by atoms with Crippen molar-refractivity contribution >= 4 is 23.2 Å². The predicted octanol–water partition coefficient (Wildman–Crippen LogP) is 3.73. The molecule has 0 aliphatic heterocycles. The lowest BCUT2D eigenvalue weighted by Crippen LogP contribution is -2.31. The number of aryl methyl sites for hydroxylation is 1. The highest BCUT2D eigenvalue weighted by molar-refractivity contribution is 6.31. The van der Waals surface area contributed by atoms with Crippen LogP contribution in [0.4, 0.5) is 5.69 Å². The van der Waals surface area contributed by atoms with Crippen molar-refractivity contribution in [2.45, 2.75) is 13.5 Å². The molecule has 1 amide bonds. The van der Waals surface area contributed by atoms with Crippen LogP contribution in [0, 0.1) is 6.92 Å². The minimum Gasteiger partial charge on any atom is -0.495 e. The fourth-order valence-corrected chi connectivity index (χ4v) is 2.38. The number of carbonyl (C=O) groups excluding carboxylic acids is 1. The van der Waals surface area contributed by atoms with Crippen molar-refractivity contribution in [2.75, 3.05) is 26.0 Å². The van der Waals surface area contributed by atoms with E-state index in [1.807, 2.05) is 43.3 Å². The summed E-state index contributed by atoms with van der Waals surface area (Å²) >= 11 is 6.09. The Hall–Kier alpha value is -2.20. The lowest BCUT2D eigenvalue weighted by molar-refractivity contribution is -0.128. The van der Waals surface area contributed by atoms with Crippen molar-refractivity contribution < 1.29 is 9.53 Å². The molecule has 0 fully saturated rings. The van der Waals surface area contributed by atoms with Gasteiger partial charge in [-0.05, 0) is 24.1 Å². The minimum absolute atomic E-state index is 0.00325. The van der Waals surface area contributed by atoms with Gasteiger partial charge in [0.25, 0.3) is 0 Å². The van der Waals surface area contributed by atoms with Crippen molar-refractivity contribution in [3.63, 3.8) is 0 Å². The van der Waals surface area contributed by atoms with Gasteiger partial charge in [0.05, 0.1) is 19.3 Å². The maximum atomic E-state index is 12.3. The number of nitrogens with one attached hydrogen (secondary N) is 1. The van der Waals surface area contributed by atoms with Crippen LogP contribution >= 0.6 is 11.6 Å². The van der Waals surface area contributed by atoms with E-state index in [1.54, 1.807) is 25.1 Å². The second kappa shape index (κ2) is 7.88. The fraction of sp³-hybridized carbons (Fsp3) is 0.278. The Morgan fingerprint density at radius 2 is 1.96 bits per heavy atom. The molecule has 0 aliphatic carbocycles. The second-order valence-electron chi connectivity index (χ2n) is 5.39. The van der Waals surface area contributed by atoms with Crippen molar-refractivity contribution in [3.8, 4) is 5.75 Å². The van der Waals surface area contributed by atoms with Crippen LogP contribution in [0.3, 0.4) is 0 Å². The highest BCUT2D eigenvalue weighted by Crippen LogP contribution is 2.30. The first kappa shape index (κ1) is 17.2. The molecule has 4 nitrogen and oxygen atoms in total. The Labute approximate surface area is 142 Å². The van der Waals surface area contributed by atoms with Gasteiger partial charge in [0, 0.05) is 24.7 Å². The third kappa shape index (κ3) is 4.63. The number of amides is 1. The standard InChI is InChI=1S/C18H21ClN2O2/c1-13-9-16(17(23-3)10-15(13)19)20-11-18(22)21(2)12-14-7-5-4-6-8-14/h4-10,20H,11-12H2,1-3H3. The molecule has 0 aromatic heterocycles. The van der Waals surface area contributed by atoms with Crippen LogP contribution in [-0.4, -0.2) is 31.5 Å². The highest BCUT2D eigenvalue weighted by Gasteiger charge is 2.12. The van der Waals surface area contributed by atoms with Gasteiger partial charge in [-0.3, -0.25) is 4.79 Å². The number of anilines is 1. The fourth-order valence-electron chi connectivity index (χ4n) is 2.22. The van der Waals surface area contributed by atoms with Crippen LogP contribution in [-0.2, 0) is 11.3 Å². The quantitative estimate of drug-likeness (QED) is 0.876. The van der Waals surface area contributed by atoms with E-state index in [1.165, 1.54) is 0 Å². The molecule has 0 aliphatic rings. The Kier molecular flexibility index (Phi) is 5.88. The molecule has 5 heteroatoms. The maximum Gasteiger partial charge on any atom is 0.241 e. The van der Waals surface area contributed by atoms with E-state index in [2.05, 4.69) is 5.32 Å². The molecule has 0 saturated heterocycles. The SMILES string of the molecule is COc1cc(Cl)c(C)cc1NCC(=O)N(C)Cc1ccccc1. The van der Waals surface area contributed by atoms with E-state index >= 15 is 0 Å². The number of benzene rings is 2. The third-order valence-corrected chi connectivity index (χ3v) is 4.01. The summed E-state index contributed by atoms with van der Waals surface area (Å²) in [6.07, 6.45) is 0. The van der Waals surface area contributed by atoms with Crippen molar-refractivity contribution in [2.24, 2.45) is 0 Å². The Bertz CT molecular complexity index is 674. The number of methoxy groups -OCH3 is 1. The average molecular weight is 333 g/mol. The van der Waals surface area contributed by atoms with E-state index < -0.39 is 0 Å². The number of hydrogen-bond acceptors (Lipinski definition) is 3. The van der Waals surface area contributed by atoms with Gasteiger partial charge >= 0.3 is 0 Å².